The molecule has 2 aliphatic rings. The van der Waals surface area contributed by atoms with Crippen molar-refractivity contribution in [2.45, 2.75) is 88.3 Å². The number of alkyl carbamates (subject to hydrolysis) is 1. The molecule has 0 radical (unpaired) electrons. The smallest absolute Gasteiger partial charge is 0.407 e. The summed E-state index contributed by atoms with van der Waals surface area (Å²) in [5.74, 6) is -1.87. The minimum atomic E-state index is -1.19. The van der Waals surface area contributed by atoms with Gasteiger partial charge in [-0.25, -0.2) is 9.59 Å². The highest BCUT2D eigenvalue weighted by Gasteiger charge is 2.49. The average molecular weight is 742 g/mol. The number of rotatable bonds is 13. The van der Waals surface area contributed by atoms with Crippen molar-refractivity contribution >= 4 is 29.8 Å². The molecule has 0 bridgehead atoms. The van der Waals surface area contributed by atoms with Gasteiger partial charge in [-0.2, -0.15) is 0 Å². The number of pyridine rings is 1. The number of piperidine rings is 1. The molecule has 54 heavy (non-hydrogen) atoms. The predicted octanol–water partition coefficient (Wildman–Crippen LogP) is 3.93. The van der Waals surface area contributed by atoms with Crippen molar-refractivity contribution in [1.82, 2.24) is 25.4 Å². The van der Waals surface area contributed by atoms with E-state index >= 15 is 0 Å². The number of fused-ring (bicyclic) bond motifs is 1. The molecule has 3 aromatic rings. The van der Waals surface area contributed by atoms with E-state index in [1.165, 1.54) is 17.7 Å². The highest BCUT2D eigenvalue weighted by molar-refractivity contribution is 5.97. The number of aryl methyl sites for hydroxylation is 1. The van der Waals surface area contributed by atoms with Crippen LogP contribution in [-0.4, -0.2) is 84.2 Å². The number of unbranched alkanes of at least 4 members (excludes halogenated alkanes) is 1. The van der Waals surface area contributed by atoms with Crippen LogP contribution in [0.5, 0.6) is 0 Å². The standard InChI is InChI=1S/C41H51N5O8/c1-27(2)54-40(52)42-23-11-10-18-34(38(50)53-4)44-39(51)41(28-13-6-5-7-14-28)22-19-31(30-15-8-9-17-33(30)41)37(49)46-25-20-29(21-26-46)43-35(47)32-16-12-24-45(3)36(32)48/h5-9,12-17,24,27,29,31,34H,10-11,18-23,25-26H2,1-4H3,(H,42,52)(H,43,47)(H,44,51)/t31-,34+,41+/m0/s1. The number of likely N-dealkylation sites (tertiary alicyclic amines) is 1. The van der Waals surface area contributed by atoms with Crippen molar-refractivity contribution in [3.63, 3.8) is 0 Å². The van der Waals surface area contributed by atoms with E-state index in [1.54, 1.807) is 33.2 Å². The van der Waals surface area contributed by atoms with Gasteiger partial charge in [0.2, 0.25) is 11.8 Å². The van der Waals surface area contributed by atoms with Gasteiger partial charge in [0.15, 0.2) is 0 Å². The number of nitrogens with zero attached hydrogens (tertiary/aromatic N) is 2. The first-order chi connectivity index (χ1) is 26.0. The lowest BCUT2D eigenvalue weighted by Gasteiger charge is -2.43. The Morgan fingerprint density at radius 2 is 1.61 bits per heavy atom. The molecule has 1 saturated heterocycles. The Labute approximate surface area is 315 Å². The second-order valence-corrected chi connectivity index (χ2v) is 14.3. The largest absolute Gasteiger partial charge is 0.467 e. The summed E-state index contributed by atoms with van der Waals surface area (Å²) in [7, 11) is 2.88. The minimum Gasteiger partial charge on any atom is -0.467 e. The summed E-state index contributed by atoms with van der Waals surface area (Å²) in [5, 5.41) is 8.67. The summed E-state index contributed by atoms with van der Waals surface area (Å²) < 4.78 is 11.6. The Hall–Kier alpha value is -5.46. The third kappa shape index (κ3) is 9.00. The topological polar surface area (TPSA) is 165 Å². The van der Waals surface area contributed by atoms with Crippen LogP contribution in [0.3, 0.4) is 0 Å². The molecule has 0 unspecified atom stereocenters. The van der Waals surface area contributed by atoms with Crippen molar-refractivity contribution in [3.8, 4) is 0 Å². The van der Waals surface area contributed by atoms with E-state index in [1.807, 2.05) is 59.5 Å². The van der Waals surface area contributed by atoms with Gasteiger partial charge >= 0.3 is 12.1 Å². The average Bonchev–Trinajstić information content (AvgIpc) is 3.17. The van der Waals surface area contributed by atoms with Crippen molar-refractivity contribution in [3.05, 3.63) is 106 Å². The van der Waals surface area contributed by atoms with Crippen molar-refractivity contribution in [1.29, 1.82) is 0 Å². The highest BCUT2D eigenvalue weighted by Crippen LogP contribution is 2.48. The zero-order valence-electron chi connectivity index (χ0n) is 31.5. The molecule has 1 fully saturated rings. The van der Waals surface area contributed by atoms with Crippen LogP contribution in [0, 0.1) is 0 Å². The van der Waals surface area contributed by atoms with Gasteiger partial charge in [0.05, 0.1) is 24.5 Å². The lowest BCUT2D eigenvalue weighted by molar-refractivity contribution is -0.146. The summed E-state index contributed by atoms with van der Waals surface area (Å²) in [5.41, 5.74) is 0.754. The molecule has 13 heteroatoms. The van der Waals surface area contributed by atoms with Crippen LogP contribution in [-0.2, 0) is 36.3 Å². The first-order valence-electron chi connectivity index (χ1n) is 18.7. The predicted molar refractivity (Wildman–Crippen MR) is 202 cm³/mol. The van der Waals surface area contributed by atoms with Gasteiger partial charge in [0.25, 0.3) is 11.5 Å². The second-order valence-electron chi connectivity index (χ2n) is 14.3. The SMILES string of the molecule is COC(=O)[C@@H](CCCCNC(=O)OC(C)C)NC(=O)[C@@]1(c2ccccc2)CC[C@H](C(=O)N2CCC(NC(=O)c3cccn(C)c3=O)CC2)c2ccccc21. The lowest BCUT2D eigenvalue weighted by atomic mass is 9.62. The molecule has 3 atom stereocenters. The quantitative estimate of drug-likeness (QED) is 0.175. The number of esters is 1. The van der Waals surface area contributed by atoms with Crippen molar-refractivity contribution in [2.75, 3.05) is 26.7 Å². The minimum absolute atomic E-state index is 0.0375. The molecule has 4 amide bonds. The van der Waals surface area contributed by atoms with Crippen LogP contribution in [0.4, 0.5) is 4.79 Å². The van der Waals surface area contributed by atoms with Crippen LogP contribution in [0.15, 0.2) is 77.7 Å². The molecule has 2 heterocycles. The van der Waals surface area contributed by atoms with E-state index < -0.39 is 35.3 Å². The van der Waals surface area contributed by atoms with Crippen LogP contribution >= 0.6 is 0 Å². The van der Waals surface area contributed by atoms with Crippen LogP contribution in [0.1, 0.15) is 91.8 Å². The number of nitrogens with one attached hydrogen (secondary N) is 3. The van der Waals surface area contributed by atoms with Gasteiger partial charge in [0.1, 0.15) is 11.6 Å². The molecule has 1 aliphatic heterocycles. The molecule has 0 spiro atoms. The van der Waals surface area contributed by atoms with E-state index in [9.17, 15) is 28.8 Å². The fourth-order valence-corrected chi connectivity index (χ4v) is 7.58. The first-order valence-corrected chi connectivity index (χ1v) is 18.7. The molecule has 2 aromatic carbocycles. The fraction of sp³-hybridized carbons (Fsp3) is 0.463. The number of hydrogen-bond donors (Lipinski definition) is 3. The molecule has 13 nitrogen and oxygen atoms in total. The Morgan fingerprint density at radius 3 is 2.31 bits per heavy atom. The second kappa shape index (κ2) is 18.0. The number of amides is 4. The lowest BCUT2D eigenvalue weighted by Crippen LogP contribution is -2.54. The van der Waals surface area contributed by atoms with E-state index in [-0.39, 0.29) is 35.1 Å². The normalized spacial score (nSPS) is 18.9. The Kier molecular flexibility index (Phi) is 13.3. The van der Waals surface area contributed by atoms with E-state index in [4.69, 9.17) is 9.47 Å². The van der Waals surface area contributed by atoms with Crippen LogP contribution < -0.4 is 21.5 Å². The Balaban J connectivity index is 1.31. The van der Waals surface area contributed by atoms with Gasteiger partial charge in [-0.05, 0) is 87.6 Å². The number of ether oxygens (including phenoxy) is 2. The molecule has 1 aromatic heterocycles. The van der Waals surface area contributed by atoms with E-state index in [2.05, 4.69) is 16.0 Å². The molecule has 288 valence electrons. The Bertz CT molecular complexity index is 1870. The highest BCUT2D eigenvalue weighted by atomic mass is 16.6. The molecule has 5 rings (SSSR count). The summed E-state index contributed by atoms with van der Waals surface area (Å²) in [6.07, 6.45) is 4.04. The number of aromatic nitrogens is 1. The van der Waals surface area contributed by atoms with E-state index in [0.717, 1.165) is 11.1 Å². The van der Waals surface area contributed by atoms with Gasteiger partial charge in [-0.3, -0.25) is 19.2 Å². The number of methoxy groups -OCH3 is 1. The molecule has 1 aliphatic carbocycles. The summed E-state index contributed by atoms with van der Waals surface area (Å²) >= 11 is 0. The number of carbonyl (C=O) groups is 5. The maximum Gasteiger partial charge on any atom is 0.407 e. The number of benzene rings is 2. The fourth-order valence-electron chi connectivity index (χ4n) is 7.58. The summed E-state index contributed by atoms with van der Waals surface area (Å²) in [4.78, 5) is 80.9. The van der Waals surface area contributed by atoms with E-state index in [0.29, 0.717) is 70.1 Å². The third-order valence-electron chi connectivity index (χ3n) is 10.4. The van der Waals surface area contributed by atoms with Crippen LogP contribution in [0.2, 0.25) is 0 Å². The summed E-state index contributed by atoms with van der Waals surface area (Å²) in [6.45, 7) is 4.76. The van der Waals surface area contributed by atoms with Gasteiger partial charge in [0, 0.05) is 38.9 Å². The van der Waals surface area contributed by atoms with Gasteiger partial charge < -0.3 is 34.9 Å². The van der Waals surface area contributed by atoms with Gasteiger partial charge in [-0.15, -0.1) is 0 Å². The third-order valence-corrected chi connectivity index (χ3v) is 10.4. The first kappa shape index (κ1) is 39.7. The van der Waals surface area contributed by atoms with Crippen LogP contribution in [0.25, 0.3) is 0 Å². The number of hydrogen-bond acceptors (Lipinski definition) is 8. The molecular formula is C41H51N5O8. The molecule has 3 N–H and O–H groups in total. The van der Waals surface area contributed by atoms with Gasteiger partial charge in [-0.1, -0.05) is 54.6 Å². The van der Waals surface area contributed by atoms with Crippen molar-refractivity contribution in [2.24, 2.45) is 7.05 Å². The maximum atomic E-state index is 14.7. The summed E-state index contributed by atoms with van der Waals surface area (Å²) in [6, 6.07) is 19.0. The zero-order chi connectivity index (χ0) is 38.8. The molecule has 0 saturated carbocycles. The van der Waals surface area contributed by atoms with Crippen molar-refractivity contribution < 1.29 is 33.4 Å². The zero-order valence-corrected chi connectivity index (χ0v) is 31.5. The molecular weight excluding hydrogens is 690 g/mol. The maximum absolute atomic E-state index is 14.7. The monoisotopic (exact) mass is 741 g/mol. The Morgan fingerprint density at radius 1 is 0.907 bits per heavy atom. The number of carbonyl (C=O) groups excluding carboxylic acids is 5.